The second-order valence-electron chi connectivity index (χ2n) is 9.39. The minimum Gasteiger partial charge on any atom is -0.484 e. The van der Waals surface area contributed by atoms with Crippen molar-refractivity contribution in [2.75, 3.05) is 22.1 Å². The molecule has 0 bridgehead atoms. The molecule has 3 aromatic carbocycles. The van der Waals surface area contributed by atoms with Crippen LogP contribution in [-0.2, 0) is 25.0 Å². The number of carbonyl (C=O) groups excluding carboxylic acids is 2. The van der Waals surface area contributed by atoms with Gasteiger partial charge in [0.1, 0.15) is 5.75 Å². The number of amides is 2. The molecule has 0 saturated carbocycles. The SMILES string of the molecule is CCC(C)(C)c1ccc(OCC(=O)Nc2cccc(S(=O)(=O)Nc3ccc(NNC(=O)C(F)(F)F)cc3)c2)cc1. The Morgan fingerprint density at radius 2 is 1.50 bits per heavy atom. The fourth-order valence-electron chi connectivity index (χ4n) is 3.33. The lowest BCUT2D eigenvalue weighted by Gasteiger charge is -2.23. The van der Waals surface area contributed by atoms with E-state index in [0.717, 1.165) is 12.0 Å². The number of rotatable bonds is 11. The van der Waals surface area contributed by atoms with Crippen LogP contribution >= 0.6 is 0 Å². The molecule has 214 valence electrons. The molecule has 0 heterocycles. The first-order valence-electron chi connectivity index (χ1n) is 12.1. The van der Waals surface area contributed by atoms with E-state index in [1.807, 2.05) is 12.1 Å². The van der Waals surface area contributed by atoms with Crippen LogP contribution in [0.25, 0.3) is 0 Å². The number of hydrogen-bond acceptors (Lipinski definition) is 6. The first-order valence-corrected chi connectivity index (χ1v) is 13.6. The van der Waals surface area contributed by atoms with Crippen LogP contribution in [0.2, 0.25) is 0 Å². The van der Waals surface area contributed by atoms with Crippen molar-refractivity contribution in [1.29, 1.82) is 0 Å². The number of hydrazine groups is 1. The fourth-order valence-corrected chi connectivity index (χ4v) is 4.43. The molecular weight excluding hydrogens is 549 g/mol. The largest absolute Gasteiger partial charge is 0.484 e. The van der Waals surface area contributed by atoms with Gasteiger partial charge in [0.2, 0.25) is 0 Å². The molecule has 0 spiro atoms. The zero-order chi connectivity index (χ0) is 29.6. The Hall–Kier alpha value is -4.26. The number of ether oxygens (including phenoxy) is 1. The normalized spacial score (nSPS) is 11.8. The summed E-state index contributed by atoms with van der Waals surface area (Å²) < 4.78 is 70.4. The highest BCUT2D eigenvalue weighted by molar-refractivity contribution is 7.92. The topological polar surface area (TPSA) is 126 Å². The first-order chi connectivity index (χ1) is 18.7. The van der Waals surface area contributed by atoms with Crippen molar-refractivity contribution in [1.82, 2.24) is 5.43 Å². The number of benzene rings is 3. The first kappa shape index (κ1) is 30.3. The van der Waals surface area contributed by atoms with E-state index in [0.29, 0.717) is 5.75 Å². The second-order valence-corrected chi connectivity index (χ2v) is 11.1. The summed E-state index contributed by atoms with van der Waals surface area (Å²) in [5, 5.41) is 2.60. The Morgan fingerprint density at radius 3 is 2.10 bits per heavy atom. The molecule has 0 aliphatic heterocycles. The van der Waals surface area contributed by atoms with Crippen molar-refractivity contribution in [3.8, 4) is 5.75 Å². The fraction of sp³-hybridized carbons (Fsp3) is 0.259. The third-order valence-corrected chi connectivity index (χ3v) is 7.41. The standard InChI is InChI=1S/C27H29F3N4O5S/c1-4-26(2,3)18-8-14-22(15-9-18)39-17-24(35)31-21-6-5-7-23(16-21)40(37,38)34-20-12-10-19(11-13-20)32-33-25(36)27(28,29)30/h5-16,32,34H,4,17H2,1-3H3,(H,31,35)(H,33,36). The summed E-state index contributed by atoms with van der Waals surface area (Å²) in [4.78, 5) is 23.1. The molecule has 4 N–H and O–H groups in total. The summed E-state index contributed by atoms with van der Waals surface area (Å²) in [6, 6.07) is 18.2. The van der Waals surface area contributed by atoms with Gasteiger partial charge in [-0.25, -0.2) is 8.42 Å². The summed E-state index contributed by atoms with van der Waals surface area (Å²) in [7, 11) is -4.07. The highest BCUT2D eigenvalue weighted by atomic mass is 32.2. The molecule has 0 saturated heterocycles. The van der Waals surface area contributed by atoms with Gasteiger partial charge in [-0.1, -0.05) is 39.0 Å². The molecule has 3 aromatic rings. The Labute approximate surface area is 230 Å². The zero-order valence-electron chi connectivity index (χ0n) is 21.9. The van der Waals surface area contributed by atoms with Gasteiger partial charge in [0.05, 0.1) is 10.6 Å². The number of halogens is 3. The summed E-state index contributed by atoms with van der Waals surface area (Å²) in [5.41, 5.74) is 5.18. The molecular formula is C27H29F3N4O5S. The van der Waals surface area contributed by atoms with Crippen LogP contribution < -0.4 is 25.6 Å². The van der Waals surface area contributed by atoms with E-state index in [9.17, 15) is 31.2 Å². The third-order valence-electron chi connectivity index (χ3n) is 6.03. The number of alkyl halides is 3. The molecule has 3 rings (SSSR count). The quantitative estimate of drug-likeness (QED) is 0.232. The van der Waals surface area contributed by atoms with E-state index >= 15 is 0 Å². The molecule has 0 aromatic heterocycles. The number of carbonyl (C=O) groups is 2. The number of nitrogens with one attached hydrogen (secondary N) is 4. The predicted octanol–water partition coefficient (Wildman–Crippen LogP) is 5.20. The smallest absolute Gasteiger partial charge is 0.472 e. The Balaban J connectivity index is 1.56. The average Bonchev–Trinajstić information content (AvgIpc) is 2.91. The van der Waals surface area contributed by atoms with E-state index < -0.39 is 28.0 Å². The van der Waals surface area contributed by atoms with E-state index in [1.54, 1.807) is 12.1 Å². The molecule has 0 unspecified atom stereocenters. The van der Waals surface area contributed by atoms with Crippen molar-refractivity contribution < 1.29 is 35.9 Å². The lowest BCUT2D eigenvalue weighted by atomic mass is 9.82. The molecule has 0 fully saturated rings. The number of anilines is 3. The van der Waals surface area contributed by atoms with E-state index in [2.05, 4.69) is 36.2 Å². The molecule has 0 radical (unpaired) electrons. The van der Waals surface area contributed by atoms with Gasteiger partial charge >= 0.3 is 12.1 Å². The van der Waals surface area contributed by atoms with Crippen molar-refractivity contribution in [2.24, 2.45) is 0 Å². The van der Waals surface area contributed by atoms with Crippen LogP contribution in [0.3, 0.4) is 0 Å². The summed E-state index contributed by atoms with van der Waals surface area (Å²) in [6.45, 7) is 6.11. The van der Waals surface area contributed by atoms with Gasteiger partial charge in [-0.3, -0.25) is 25.2 Å². The van der Waals surface area contributed by atoms with Crippen LogP contribution in [0.4, 0.5) is 30.2 Å². The minimum absolute atomic E-state index is 0.0233. The van der Waals surface area contributed by atoms with Gasteiger partial charge in [0.25, 0.3) is 15.9 Å². The third kappa shape index (κ3) is 8.37. The van der Waals surface area contributed by atoms with Gasteiger partial charge in [0, 0.05) is 11.4 Å². The molecule has 13 heteroatoms. The predicted molar refractivity (Wildman–Crippen MR) is 145 cm³/mol. The number of sulfonamides is 1. The average molecular weight is 579 g/mol. The molecule has 40 heavy (non-hydrogen) atoms. The monoisotopic (exact) mass is 578 g/mol. The second kappa shape index (κ2) is 12.3. The Kier molecular flexibility index (Phi) is 9.30. The maximum Gasteiger partial charge on any atom is 0.472 e. The summed E-state index contributed by atoms with van der Waals surface area (Å²) in [6.07, 6.45) is -4.08. The summed E-state index contributed by atoms with van der Waals surface area (Å²) in [5.74, 6) is -2.14. The van der Waals surface area contributed by atoms with Crippen molar-refractivity contribution in [2.45, 2.75) is 43.7 Å². The van der Waals surface area contributed by atoms with Crippen molar-refractivity contribution >= 4 is 38.9 Å². The van der Waals surface area contributed by atoms with Crippen LogP contribution in [0.5, 0.6) is 5.75 Å². The van der Waals surface area contributed by atoms with Crippen LogP contribution in [0.1, 0.15) is 32.8 Å². The van der Waals surface area contributed by atoms with E-state index in [1.165, 1.54) is 54.0 Å². The van der Waals surface area contributed by atoms with Gasteiger partial charge in [0.15, 0.2) is 6.61 Å². The molecule has 0 atom stereocenters. The lowest BCUT2D eigenvalue weighted by molar-refractivity contribution is -0.173. The highest BCUT2D eigenvalue weighted by Crippen LogP contribution is 2.28. The van der Waals surface area contributed by atoms with Crippen LogP contribution in [-0.4, -0.2) is 33.0 Å². The van der Waals surface area contributed by atoms with Gasteiger partial charge in [-0.15, -0.1) is 0 Å². The Bertz CT molecular complexity index is 1440. The van der Waals surface area contributed by atoms with E-state index in [4.69, 9.17) is 4.74 Å². The highest BCUT2D eigenvalue weighted by Gasteiger charge is 2.38. The lowest BCUT2D eigenvalue weighted by Crippen LogP contribution is -2.40. The molecule has 0 aliphatic carbocycles. The van der Waals surface area contributed by atoms with Crippen molar-refractivity contribution in [3.63, 3.8) is 0 Å². The van der Waals surface area contributed by atoms with Crippen LogP contribution in [0.15, 0.2) is 77.7 Å². The minimum atomic E-state index is -5.05. The number of hydrogen-bond donors (Lipinski definition) is 4. The van der Waals surface area contributed by atoms with Crippen molar-refractivity contribution in [3.05, 3.63) is 78.4 Å². The molecule has 9 nitrogen and oxygen atoms in total. The van der Waals surface area contributed by atoms with Gasteiger partial charge in [-0.05, 0) is 72.0 Å². The maximum atomic E-state index is 12.8. The van der Waals surface area contributed by atoms with E-state index in [-0.39, 0.29) is 34.0 Å². The van der Waals surface area contributed by atoms with Crippen LogP contribution in [0, 0.1) is 0 Å². The Morgan fingerprint density at radius 1 is 0.875 bits per heavy atom. The molecule has 2 amide bonds. The zero-order valence-corrected chi connectivity index (χ0v) is 22.7. The maximum absolute atomic E-state index is 12.8. The van der Waals surface area contributed by atoms with Gasteiger partial charge in [-0.2, -0.15) is 13.2 Å². The molecule has 0 aliphatic rings. The summed E-state index contributed by atoms with van der Waals surface area (Å²) >= 11 is 0. The van der Waals surface area contributed by atoms with Gasteiger partial charge < -0.3 is 10.1 Å².